The summed E-state index contributed by atoms with van der Waals surface area (Å²) in [5.41, 5.74) is 9.11. The first-order valence-electron chi connectivity index (χ1n) is 5.00. The van der Waals surface area contributed by atoms with E-state index >= 15 is 0 Å². The third-order valence-electron chi connectivity index (χ3n) is 2.51. The molecule has 0 aliphatic carbocycles. The lowest BCUT2D eigenvalue weighted by molar-refractivity contribution is -0.134. The fourth-order valence-electron chi connectivity index (χ4n) is 1.59. The van der Waals surface area contributed by atoms with Gasteiger partial charge in [-0.15, -0.1) is 0 Å². The van der Waals surface area contributed by atoms with Crippen LogP contribution in [0.3, 0.4) is 0 Å². The van der Waals surface area contributed by atoms with Gasteiger partial charge < -0.3 is 4.90 Å². The van der Waals surface area contributed by atoms with Crippen molar-refractivity contribution in [2.24, 2.45) is 5.11 Å². The monoisotopic (exact) mass is 217 g/mol. The first-order chi connectivity index (χ1) is 7.79. The van der Waals surface area contributed by atoms with E-state index in [2.05, 4.69) is 15.0 Å². The van der Waals surface area contributed by atoms with Crippen molar-refractivity contribution in [1.82, 2.24) is 9.88 Å². The maximum Gasteiger partial charge on any atom is 0.227 e. The first kappa shape index (κ1) is 10.4. The van der Waals surface area contributed by atoms with Gasteiger partial charge in [0.15, 0.2) is 0 Å². The van der Waals surface area contributed by atoms with E-state index in [4.69, 9.17) is 5.53 Å². The number of hydrogen-bond donors (Lipinski definition) is 0. The molecule has 0 atom stereocenters. The van der Waals surface area contributed by atoms with Crippen LogP contribution in [0.25, 0.3) is 10.4 Å². The SMILES string of the molecule is [N-]=[N+]=NC1CN(C(=O)Cc2cccnc2)C1. The minimum absolute atomic E-state index is 0.0529. The Labute approximate surface area is 92.5 Å². The highest BCUT2D eigenvalue weighted by Crippen LogP contribution is 2.13. The summed E-state index contributed by atoms with van der Waals surface area (Å²) in [7, 11) is 0. The Hall–Kier alpha value is -2.07. The van der Waals surface area contributed by atoms with Crippen molar-refractivity contribution in [1.29, 1.82) is 0 Å². The average Bonchev–Trinajstić information content (AvgIpc) is 2.24. The standard InChI is InChI=1S/C10H11N5O/c11-14-13-9-6-15(7-9)10(16)4-8-2-1-3-12-5-8/h1-3,5,9H,4,6-7H2. The fraction of sp³-hybridized carbons (Fsp3) is 0.400. The molecular weight excluding hydrogens is 206 g/mol. The molecule has 1 aliphatic rings. The summed E-state index contributed by atoms with van der Waals surface area (Å²) in [5.74, 6) is 0.0531. The molecule has 1 aromatic rings. The molecule has 0 aromatic carbocycles. The number of nitrogens with zero attached hydrogens (tertiary/aromatic N) is 5. The van der Waals surface area contributed by atoms with Gasteiger partial charge in [0, 0.05) is 30.4 Å². The van der Waals surface area contributed by atoms with Crippen molar-refractivity contribution in [3.63, 3.8) is 0 Å². The van der Waals surface area contributed by atoms with Gasteiger partial charge in [-0.05, 0) is 17.2 Å². The van der Waals surface area contributed by atoms with E-state index in [0.717, 1.165) is 5.56 Å². The van der Waals surface area contributed by atoms with Crippen molar-refractivity contribution in [3.05, 3.63) is 40.5 Å². The Morgan fingerprint density at radius 1 is 1.69 bits per heavy atom. The molecule has 1 amide bonds. The zero-order chi connectivity index (χ0) is 11.4. The number of amides is 1. The second-order valence-corrected chi connectivity index (χ2v) is 3.70. The predicted octanol–water partition coefficient (Wildman–Crippen LogP) is 1.15. The maximum absolute atomic E-state index is 11.7. The molecule has 0 spiro atoms. The number of carbonyl (C=O) groups excluding carboxylic acids is 1. The van der Waals surface area contributed by atoms with Gasteiger partial charge in [0.05, 0.1) is 12.5 Å². The summed E-state index contributed by atoms with van der Waals surface area (Å²) in [4.78, 5) is 20.1. The molecule has 2 rings (SSSR count). The molecule has 0 saturated carbocycles. The molecule has 16 heavy (non-hydrogen) atoms. The van der Waals surface area contributed by atoms with Crippen LogP contribution >= 0.6 is 0 Å². The predicted molar refractivity (Wildman–Crippen MR) is 57.5 cm³/mol. The minimum atomic E-state index is -0.0529. The van der Waals surface area contributed by atoms with Gasteiger partial charge in [-0.2, -0.15) is 0 Å². The summed E-state index contributed by atoms with van der Waals surface area (Å²) in [6, 6.07) is 3.62. The number of carbonyl (C=O) groups is 1. The highest BCUT2D eigenvalue weighted by Gasteiger charge is 2.29. The number of pyridine rings is 1. The molecular formula is C10H11N5O. The van der Waals surface area contributed by atoms with E-state index in [0.29, 0.717) is 19.5 Å². The zero-order valence-electron chi connectivity index (χ0n) is 8.65. The Morgan fingerprint density at radius 3 is 3.12 bits per heavy atom. The van der Waals surface area contributed by atoms with Gasteiger partial charge in [0.2, 0.25) is 5.91 Å². The normalized spacial score (nSPS) is 15.1. The smallest absolute Gasteiger partial charge is 0.227 e. The highest BCUT2D eigenvalue weighted by atomic mass is 16.2. The van der Waals surface area contributed by atoms with E-state index in [1.165, 1.54) is 0 Å². The van der Waals surface area contributed by atoms with Crippen molar-refractivity contribution in [2.75, 3.05) is 13.1 Å². The van der Waals surface area contributed by atoms with Gasteiger partial charge in [0.1, 0.15) is 0 Å². The number of aromatic nitrogens is 1. The number of azide groups is 1. The second kappa shape index (κ2) is 4.63. The summed E-state index contributed by atoms with van der Waals surface area (Å²) in [6.45, 7) is 1.06. The van der Waals surface area contributed by atoms with Gasteiger partial charge >= 0.3 is 0 Å². The van der Waals surface area contributed by atoms with Gasteiger partial charge in [-0.1, -0.05) is 11.2 Å². The van der Waals surface area contributed by atoms with Crippen molar-refractivity contribution in [3.8, 4) is 0 Å². The molecule has 1 saturated heterocycles. The van der Waals surface area contributed by atoms with Crippen LogP contribution in [0.5, 0.6) is 0 Å². The second-order valence-electron chi connectivity index (χ2n) is 3.70. The first-order valence-corrected chi connectivity index (χ1v) is 5.00. The van der Waals surface area contributed by atoms with Crippen LogP contribution < -0.4 is 0 Å². The molecule has 0 N–H and O–H groups in total. The van der Waals surface area contributed by atoms with Crippen LogP contribution in [-0.2, 0) is 11.2 Å². The maximum atomic E-state index is 11.7. The Kier molecular flexibility index (Phi) is 3.03. The van der Waals surface area contributed by atoms with E-state index in [9.17, 15) is 4.79 Å². The molecule has 2 heterocycles. The summed E-state index contributed by atoms with van der Waals surface area (Å²) < 4.78 is 0. The number of likely N-dealkylation sites (tertiary alicyclic amines) is 1. The van der Waals surface area contributed by atoms with E-state index in [1.807, 2.05) is 12.1 Å². The molecule has 1 fully saturated rings. The lowest BCUT2D eigenvalue weighted by Gasteiger charge is -2.36. The summed E-state index contributed by atoms with van der Waals surface area (Å²) in [6.07, 6.45) is 3.72. The largest absolute Gasteiger partial charge is 0.341 e. The van der Waals surface area contributed by atoms with Crippen LogP contribution in [0.2, 0.25) is 0 Å². The van der Waals surface area contributed by atoms with E-state index < -0.39 is 0 Å². The molecule has 6 heteroatoms. The topological polar surface area (TPSA) is 82.0 Å². The number of rotatable bonds is 3. The van der Waals surface area contributed by atoms with Crippen LogP contribution in [-0.4, -0.2) is 34.9 Å². The Balaban J connectivity index is 1.85. The third-order valence-corrected chi connectivity index (χ3v) is 2.51. The van der Waals surface area contributed by atoms with E-state index in [1.54, 1.807) is 17.3 Å². The van der Waals surface area contributed by atoms with Crippen LogP contribution in [0, 0.1) is 0 Å². The third kappa shape index (κ3) is 2.29. The lowest BCUT2D eigenvalue weighted by atomic mass is 10.1. The summed E-state index contributed by atoms with van der Waals surface area (Å²) in [5, 5.41) is 3.54. The fourth-order valence-corrected chi connectivity index (χ4v) is 1.59. The van der Waals surface area contributed by atoms with Gasteiger partial charge in [-0.25, -0.2) is 0 Å². The summed E-state index contributed by atoms with van der Waals surface area (Å²) >= 11 is 0. The lowest BCUT2D eigenvalue weighted by Crippen LogP contribution is -2.53. The van der Waals surface area contributed by atoms with Crippen LogP contribution in [0.1, 0.15) is 5.56 Å². The van der Waals surface area contributed by atoms with Gasteiger partial charge in [-0.3, -0.25) is 9.78 Å². The molecule has 1 aromatic heterocycles. The number of hydrogen-bond acceptors (Lipinski definition) is 3. The molecule has 6 nitrogen and oxygen atoms in total. The van der Waals surface area contributed by atoms with Crippen molar-refractivity contribution < 1.29 is 4.79 Å². The van der Waals surface area contributed by atoms with Crippen molar-refractivity contribution in [2.45, 2.75) is 12.5 Å². The molecule has 82 valence electrons. The molecule has 0 radical (unpaired) electrons. The Bertz CT molecular complexity index is 420. The zero-order valence-corrected chi connectivity index (χ0v) is 8.65. The van der Waals surface area contributed by atoms with E-state index in [-0.39, 0.29) is 11.9 Å². The minimum Gasteiger partial charge on any atom is -0.341 e. The molecule has 0 bridgehead atoms. The van der Waals surface area contributed by atoms with Crippen LogP contribution in [0.4, 0.5) is 0 Å². The van der Waals surface area contributed by atoms with Crippen molar-refractivity contribution >= 4 is 5.91 Å². The highest BCUT2D eigenvalue weighted by molar-refractivity contribution is 5.79. The van der Waals surface area contributed by atoms with Crippen LogP contribution in [0.15, 0.2) is 29.6 Å². The average molecular weight is 217 g/mol. The quantitative estimate of drug-likeness (QED) is 0.432. The van der Waals surface area contributed by atoms with Gasteiger partial charge in [0.25, 0.3) is 0 Å². The molecule has 0 unspecified atom stereocenters. The molecule has 1 aliphatic heterocycles. The Morgan fingerprint density at radius 2 is 2.50 bits per heavy atom.